The summed E-state index contributed by atoms with van der Waals surface area (Å²) in [4.78, 5) is 11.9. The van der Waals surface area contributed by atoms with Crippen molar-refractivity contribution in [1.82, 2.24) is 9.62 Å². The van der Waals surface area contributed by atoms with Crippen LogP contribution in [-0.4, -0.2) is 51.5 Å². The summed E-state index contributed by atoms with van der Waals surface area (Å²) < 4.78 is 31.6. The molecule has 1 saturated heterocycles. The van der Waals surface area contributed by atoms with Gasteiger partial charge in [-0.2, -0.15) is 9.57 Å². The van der Waals surface area contributed by atoms with E-state index in [1.807, 2.05) is 6.07 Å². The molecule has 8 heteroatoms. The molecule has 21 heavy (non-hydrogen) atoms. The molecule has 1 N–H and O–H groups in total. The number of morpholine rings is 1. The van der Waals surface area contributed by atoms with E-state index in [4.69, 9.17) is 10.00 Å². The van der Waals surface area contributed by atoms with Gasteiger partial charge in [0.05, 0.1) is 29.7 Å². The maximum Gasteiger partial charge on any atom is 0.243 e. The van der Waals surface area contributed by atoms with Gasteiger partial charge in [0.1, 0.15) is 6.04 Å². The number of carbonyl (C=O) groups excluding carboxylic acids is 1. The third-order valence-corrected chi connectivity index (χ3v) is 5.14. The van der Waals surface area contributed by atoms with Gasteiger partial charge in [-0.05, 0) is 24.3 Å². The number of carbonyl (C=O) groups is 1. The van der Waals surface area contributed by atoms with Crippen molar-refractivity contribution >= 4 is 15.9 Å². The van der Waals surface area contributed by atoms with E-state index in [0.717, 1.165) is 4.31 Å². The predicted octanol–water partition coefficient (Wildman–Crippen LogP) is -0.306. The van der Waals surface area contributed by atoms with Crippen LogP contribution in [0.25, 0.3) is 0 Å². The first-order valence-corrected chi connectivity index (χ1v) is 7.76. The number of ether oxygens (including phenoxy) is 1. The van der Waals surface area contributed by atoms with Crippen LogP contribution in [0, 0.1) is 11.3 Å². The van der Waals surface area contributed by atoms with E-state index in [1.54, 1.807) is 0 Å². The minimum Gasteiger partial charge on any atom is -0.378 e. The number of hydrogen-bond acceptors (Lipinski definition) is 5. The third kappa shape index (κ3) is 3.05. The number of hydrogen-bond donors (Lipinski definition) is 1. The number of nitriles is 1. The van der Waals surface area contributed by atoms with Crippen molar-refractivity contribution in [3.05, 3.63) is 29.8 Å². The molecule has 0 radical (unpaired) electrons. The first-order valence-electron chi connectivity index (χ1n) is 6.32. The molecule has 1 fully saturated rings. The van der Waals surface area contributed by atoms with Crippen LogP contribution in [0.5, 0.6) is 0 Å². The highest BCUT2D eigenvalue weighted by Gasteiger charge is 2.37. The molecular formula is C13H15N3O4S. The van der Waals surface area contributed by atoms with E-state index < -0.39 is 22.0 Å². The van der Waals surface area contributed by atoms with Gasteiger partial charge < -0.3 is 10.1 Å². The van der Waals surface area contributed by atoms with Crippen molar-refractivity contribution in [3.8, 4) is 6.07 Å². The summed E-state index contributed by atoms with van der Waals surface area (Å²) in [6.45, 7) is 0.374. The SMILES string of the molecule is CNC(=O)C1COCCN1S(=O)(=O)c1ccc(C#N)cc1. The molecule has 0 aliphatic carbocycles. The van der Waals surface area contributed by atoms with Crippen LogP contribution < -0.4 is 5.32 Å². The van der Waals surface area contributed by atoms with Crippen LogP contribution in [0.2, 0.25) is 0 Å². The second-order valence-corrected chi connectivity index (χ2v) is 6.35. The average molecular weight is 309 g/mol. The molecule has 1 unspecified atom stereocenters. The lowest BCUT2D eigenvalue weighted by molar-refractivity contribution is -0.128. The number of rotatable bonds is 3. The summed E-state index contributed by atoms with van der Waals surface area (Å²) in [6, 6.07) is 6.64. The second-order valence-electron chi connectivity index (χ2n) is 4.46. The topological polar surface area (TPSA) is 99.5 Å². The third-order valence-electron chi connectivity index (χ3n) is 3.22. The maximum absolute atomic E-state index is 12.6. The van der Waals surface area contributed by atoms with Crippen LogP contribution >= 0.6 is 0 Å². The van der Waals surface area contributed by atoms with E-state index in [2.05, 4.69) is 5.32 Å². The molecule has 0 saturated carbocycles. The lowest BCUT2D eigenvalue weighted by atomic mass is 10.2. The van der Waals surface area contributed by atoms with E-state index in [9.17, 15) is 13.2 Å². The van der Waals surface area contributed by atoms with Gasteiger partial charge in [0.2, 0.25) is 15.9 Å². The molecule has 112 valence electrons. The first-order chi connectivity index (χ1) is 10.0. The lowest BCUT2D eigenvalue weighted by Gasteiger charge is -2.33. The lowest BCUT2D eigenvalue weighted by Crippen LogP contribution is -2.55. The molecule has 1 aliphatic rings. The molecule has 1 atom stereocenters. The zero-order valence-electron chi connectivity index (χ0n) is 11.4. The fourth-order valence-electron chi connectivity index (χ4n) is 2.09. The number of likely N-dealkylation sites (N-methyl/N-ethyl adjacent to an activating group) is 1. The van der Waals surface area contributed by atoms with Crippen LogP contribution in [0.4, 0.5) is 0 Å². The molecule has 0 bridgehead atoms. The highest BCUT2D eigenvalue weighted by molar-refractivity contribution is 7.89. The Morgan fingerprint density at radius 1 is 1.43 bits per heavy atom. The summed E-state index contributed by atoms with van der Waals surface area (Å²) in [5.41, 5.74) is 0.374. The van der Waals surface area contributed by atoms with E-state index in [-0.39, 0.29) is 24.7 Å². The van der Waals surface area contributed by atoms with Crippen LogP contribution in [0.15, 0.2) is 29.2 Å². The molecule has 1 aliphatic heterocycles. The van der Waals surface area contributed by atoms with Gasteiger partial charge >= 0.3 is 0 Å². The fourth-order valence-corrected chi connectivity index (χ4v) is 3.64. The molecule has 1 amide bonds. The largest absolute Gasteiger partial charge is 0.378 e. The zero-order chi connectivity index (χ0) is 15.5. The Kier molecular flexibility index (Phi) is 4.57. The Balaban J connectivity index is 2.35. The van der Waals surface area contributed by atoms with Gasteiger partial charge in [-0.3, -0.25) is 4.79 Å². The summed E-state index contributed by atoms with van der Waals surface area (Å²) >= 11 is 0. The van der Waals surface area contributed by atoms with Crippen LogP contribution in [0.1, 0.15) is 5.56 Å². The maximum atomic E-state index is 12.6. The molecule has 1 heterocycles. The first kappa shape index (κ1) is 15.4. The Bertz CT molecular complexity index is 664. The normalized spacial score (nSPS) is 19.7. The van der Waals surface area contributed by atoms with Crippen molar-refractivity contribution in [2.24, 2.45) is 0 Å². The Morgan fingerprint density at radius 3 is 2.67 bits per heavy atom. The van der Waals surface area contributed by atoms with Gasteiger partial charge in [-0.1, -0.05) is 0 Å². The molecule has 1 aromatic carbocycles. The average Bonchev–Trinajstić information content (AvgIpc) is 2.54. The standard InChI is InChI=1S/C13H15N3O4S/c1-15-13(17)12-9-20-7-6-16(12)21(18,19)11-4-2-10(8-14)3-5-11/h2-5,12H,6-7,9H2,1H3,(H,15,17). The van der Waals surface area contributed by atoms with E-state index >= 15 is 0 Å². The summed E-state index contributed by atoms with van der Waals surface area (Å²) in [5.74, 6) is -0.410. The van der Waals surface area contributed by atoms with Gasteiger partial charge in [-0.25, -0.2) is 8.42 Å². The van der Waals surface area contributed by atoms with Crippen molar-refractivity contribution < 1.29 is 17.9 Å². The Hall–Kier alpha value is -1.95. The molecule has 2 rings (SSSR count). The molecule has 1 aromatic rings. The van der Waals surface area contributed by atoms with Gasteiger partial charge in [0, 0.05) is 13.6 Å². The molecular weight excluding hydrogens is 294 g/mol. The van der Waals surface area contributed by atoms with E-state index in [0.29, 0.717) is 5.56 Å². The molecule has 0 spiro atoms. The van der Waals surface area contributed by atoms with Crippen LogP contribution in [-0.2, 0) is 19.6 Å². The van der Waals surface area contributed by atoms with Crippen LogP contribution in [0.3, 0.4) is 0 Å². The molecule has 7 nitrogen and oxygen atoms in total. The quantitative estimate of drug-likeness (QED) is 0.826. The number of benzene rings is 1. The van der Waals surface area contributed by atoms with Gasteiger partial charge in [-0.15, -0.1) is 0 Å². The number of amides is 1. The Morgan fingerprint density at radius 2 is 2.10 bits per heavy atom. The van der Waals surface area contributed by atoms with Crippen molar-refractivity contribution in [3.63, 3.8) is 0 Å². The van der Waals surface area contributed by atoms with E-state index in [1.165, 1.54) is 31.3 Å². The second kappa shape index (κ2) is 6.22. The highest BCUT2D eigenvalue weighted by atomic mass is 32.2. The number of nitrogens with one attached hydrogen (secondary N) is 1. The fraction of sp³-hybridized carbons (Fsp3) is 0.385. The Labute approximate surface area is 123 Å². The molecule has 0 aromatic heterocycles. The van der Waals surface area contributed by atoms with Gasteiger partial charge in [0.15, 0.2) is 0 Å². The minimum absolute atomic E-state index is 0.0230. The predicted molar refractivity (Wildman–Crippen MR) is 73.7 cm³/mol. The minimum atomic E-state index is -3.81. The smallest absolute Gasteiger partial charge is 0.243 e. The van der Waals surface area contributed by atoms with Crippen molar-refractivity contribution in [2.75, 3.05) is 26.8 Å². The van der Waals surface area contributed by atoms with Crippen molar-refractivity contribution in [2.45, 2.75) is 10.9 Å². The summed E-state index contributed by atoms with van der Waals surface area (Å²) in [7, 11) is -2.36. The zero-order valence-corrected chi connectivity index (χ0v) is 12.3. The number of sulfonamides is 1. The van der Waals surface area contributed by atoms with Gasteiger partial charge in [0.25, 0.3) is 0 Å². The summed E-state index contributed by atoms with van der Waals surface area (Å²) in [6.07, 6.45) is 0. The monoisotopic (exact) mass is 309 g/mol. The summed E-state index contributed by atoms with van der Waals surface area (Å²) in [5, 5.41) is 11.2. The number of nitrogens with zero attached hydrogens (tertiary/aromatic N) is 2. The highest BCUT2D eigenvalue weighted by Crippen LogP contribution is 2.21. The van der Waals surface area contributed by atoms with Crippen molar-refractivity contribution in [1.29, 1.82) is 5.26 Å².